The third-order valence-electron chi connectivity index (χ3n) is 5.96. The van der Waals surface area contributed by atoms with Gasteiger partial charge in [0.05, 0.1) is 6.54 Å². The van der Waals surface area contributed by atoms with Gasteiger partial charge in [0.15, 0.2) is 0 Å². The molecule has 0 radical (unpaired) electrons. The van der Waals surface area contributed by atoms with E-state index >= 15 is 0 Å². The topological polar surface area (TPSA) is 13.7 Å². The van der Waals surface area contributed by atoms with E-state index < -0.39 is 0 Å². The number of hydrogen-bond acceptors (Lipinski definition) is 0. The van der Waals surface area contributed by atoms with Crippen LogP contribution in [-0.2, 0) is 19.6 Å². The Morgan fingerprint density at radius 3 is 2.03 bits per heavy atom. The molecule has 3 aromatic carbocycles. The van der Waals surface area contributed by atoms with Crippen molar-refractivity contribution < 1.29 is 21.5 Å². The van der Waals surface area contributed by atoms with Crippen LogP contribution in [0.4, 0.5) is 0 Å². The van der Waals surface area contributed by atoms with Gasteiger partial charge in [0, 0.05) is 28.4 Å². The smallest absolute Gasteiger partial charge is 0.244 e. The molecule has 158 valence electrons. The van der Waals surface area contributed by atoms with Gasteiger partial charge in [-0.25, -0.2) is 9.13 Å². The van der Waals surface area contributed by atoms with Crippen LogP contribution in [0.3, 0.4) is 0 Å². The largest absolute Gasteiger partial charge is 1.00 e. The Hall–Kier alpha value is -2.85. The molecular weight excluding hydrogens is 446 g/mol. The van der Waals surface area contributed by atoms with Gasteiger partial charge in [0.1, 0.15) is 18.9 Å². The lowest BCUT2D eigenvalue weighted by Crippen LogP contribution is -3.00. The van der Waals surface area contributed by atoms with Gasteiger partial charge < -0.3 is 21.5 Å². The summed E-state index contributed by atoms with van der Waals surface area (Å²) in [6, 6.07) is 26.3. The molecule has 0 saturated carbocycles. The highest BCUT2D eigenvalue weighted by molar-refractivity contribution is 6.07. The number of para-hydroxylation sites is 2. The first-order valence-corrected chi connectivity index (χ1v) is 10.8. The maximum atomic E-state index is 2.48. The summed E-state index contributed by atoms with van der Waals surface area (Å²) in [5.74, 6) is 0. The molecule has 5 aromatic rings. The highest BCUT2D eigenvalue weighted by Crippen LogP contribution is 2.28. The van der Waals surface area contributed by atoms with Crippen molar-refractivity contribution in [2.24, 2.45) is 0 Å². The molecule has 0 aliphatic rings. The zero-order valence-corrected chi connectivity index (χ0v) is 19.5. The Labute approximate surface area is 194 Å². The number of imidazole rings is 1. The lowest BCUT2D eigenvalue weighted by molar-refractivity contribution is -0.687. The second-order valence-corrected chi connectivity index (χ2v) is 8.20. The summed E-state index contributed by atoms with van der Waals surface area (Å²) in [4.78, 5) is 0. The van der Waals surface area contributed by atoms with Crippen molar-refractivity contribution in [1.82, 2.24) is 9.13 Å². The van der Waals surface area contributed by atoms with Gasteiger partial charge in [-0.05, 0) is 37.5 Å². The van der Waals surface area contributed by atoms with E-state index in [1.165, 1.54) is 45.8 Å². The molecule has 2 aromatic heterocycles. The number of hydrogen-bond donors (Lipinski definition) is 0. The summed E-state index contributed by atoms with van der Waals surface area (Å²) in [6.07, 6.45) is 8.92. The zero-order valence-electron chi connectivity index (χ0n) is 17.9. The van der Waals surface area contributed by atoms with Gasteiger partial charge in [0.25, 0.3) is 0 Å². The molecule has 5 rings (SSSR count). The van der Waals surface area contributed by atoms with Gasteiger partial charge in [-0.15, -0.1) is 0 Å². The van der Waals surface area contributed by atoms with Crippen LogP contribution in [0.5, 0.6) is 0 Å². The van der Waals surface area contributed by atoms with Crippen molar-refractivity contribution in [1.29, 1.82) is 0 Å². The number of nitrogens with zero attached hydrogens (tertiary/aromatic N) is 3. The van der Waals surface area contributed by atoms with Crippen LogP contribution < -0.4 is 21.5 Å². The van der Waals surface area contributed by atoms with Crippen LogP contribution in [0.25, 0.3) is 21.8 Å². The monoisotopic (exact) mass is 473 g/mol. The molecule has 31 heavy (non-hydrogen) atoms. The number of aromatic nitrogens is 3. The zero-order chi connectivity index (χ0) is 20.3. The maximum Gasteiger partial charge on any atom is 0.244 e. The third kappa shape index (κ3) is 4.59. The highest BCUT2D eigenvalue weighted by Gasteiger charge is 2.10. The second-order valence-electron chi connectivity index (χ2n) is 8.20. The van der Waals surface area contributed by atoms with E-state index in [0.29, 0.717) is 0 Å². The summed E-state index contributed by atoms with van der Waals surface area (Å²) in [5.41, 5.74) is 5.34. The molecule has 0 bridgehead atoms. The molecule has 2 heterocycles. The van der Waals surface area contributed by atoms with Gasteiger partial charge in [-0.2, -0.15) is 0 Å². The first-order chi connectivity index (χ1) is 14.8. The molecule has 0 fully saturated rings. The number of fused-ring (bicyclic) bond motifs is 3. The van der Waals surface area contributed by atoms with Crippen LogP contribution in [-0.4, -0.2) is 9.13 Å². The van der Waals surface area contributed by atoms with Crippen molar-refractivity contribution in [3.63, 3.8) is 0 Å². The van der Waals surface area contributed by atoms with Gasteiger partial charge in [-0.1, -0.05) is 66.2 Å². The normalized spacial score (nSPS) is 11.1. The molecule has 0 aliphatic carbocycles. The summed E-state index contributed by atoms with van der Waals surface area (Å²) in [6.45, 7) is 5.16. The first kappa shape index (κ1) is 21.4. The van der Waals surface area contributed by atoms with E-state index in [9.17, 15) is 0 Å². The minimum absolute atomic E-state index is 0. The summed E-state index contributed by atoms with van der Waals surface area (Å²) >= 11 is 0. The lowest BCUT2D eigenvalue weighted by atomic mass is 10.1. The van der Waals surface area contributed by atoms with Crippen LogP contribution in [0.1, 0.15) is 24.0 Å². The van der Waals surface area contributed by atoms with Gasteiger partial charge >= 0.3 is 0 Å². The molecule has 4 heteroatoms. The number of halogens is 1. The Morgan fingerprint density at radius 2 is 1.35 bits per heavy atom. The number of benzene rings is 3. The number of rotatable bonds is 7. The molecule has 0 N–H and O–H groups in total. The molecule has 0 saturated heterocycles. The van der Waals surface area contributed by atoms with Crippen LogP contribution in [0.2, 0.25) is 0 Å². The minimum atomic E-state index is 0. The van der Waals surface area contributed by atoms with Gasteiger partial charge in [-0.3, -0.25) is 0 Å². The van der Waals surface area contributed by atoms with E-state index in [1.54, 1.807) is 0 Å². The number of unbranched alkanes of at least 4 members (excludes halogenated alkanes) is 1. The Bertz CT molecular complexity index is 1230. The molecule has 0 unspecified atom stereocenters. The Morgan fingerprint density at radius 1 is 0.742 bits per heavy atom. The minimum Gasteiger partial charge on any atom is -1.00 e. The van der Waals surface area contributed by atoms with Crippen molar-refractivity contribution >= 4 is 21.8 Å². The number of aryl methyl sites for hydroxylation is 3. The average Bonchev–Trinajstić information content (AvgIpc) is 3.35. The quantitative estimate of drug-likeness (QED) is 0.255. The summed E-state index contributed by atoms with van der Waals surface area (Å²) < 4.78 is 7.05. The van der Waals surface area contributed by atoms with Crippen molar-refractivity contribution in [2.75, 3.05) is 0 Å². The third-order valence-corrected chi connectivity index (χ3v) is 5.96. The molecular formula is C27H28BrN3. The van der Waals surface area contributed by atoms with E-state index in [0.717, 1.165) is 19.6 Å². The second kappa shape index (κ2) is 9.52. The van der Waals surface area contributed by atoms with E-state index in [1.807, 2.05) is 0 Å². The molecule has 0 amide bonds. The molecule has 3 nitrogen and oxygen atoms in total. The van der Waals surface area contributed by atoms with E-state index in [2.05, 4.69) is 112 Å². The van der Waals surface area contributed by atoms with E-state index in [4.69, 9.17) is 0 Å². The fourth-order valence-corrected chi connectivity index (χ4v) is 4.38. The van der Waals surface area contributed by atoms with E-state index in [-0.39, 0.29) is 17.0 Å². The predicted molar refractivity (Wildman–Crippen MR) is 124 cm³/mol. The fraction of sp³-hybridized carbons (Fsp3) is 0.222. The predicted octanol–water partition coefficient (Wildman–Crippen LogP) is 2.72. The summed E-state index contributed by atoms with van der Waals surface area (Å²) in [5, 5.41) is 2.71. The maximum absolute atomic E-state index is 2.48. The summed E-state index contributed by atoms with van der Waals surface area (Å²) in [7, 11) is 0. The Kier molecular flexibility index (Phi) is 6.57. The van der Waals surface area contributed by atoms with Gasteiger partial charge in [0.2, 0.25) is 6.33 Å². The first-order valence-electron chi connectivity index (χ1n) is 10.8. The van der Waals surface area contributed by atoms with Crippen LogP contribution in [0, 0.1) is 6.92 Å². The standard InChI is InChI=1S/C27H28N3.BrH/c1-22-12-14-23(15-13-22)20-29-19-18-28(21-29)16-6-7-17-30-26-10-4-2-8-24(26)25-9-3-5-11-27(25)30;/h2-5,8-15,18-19,21H,6-7,16-17,20H2,1H3;1H/q+1;/p-1. The van der Waals surface area contributed by atoms with Crippen LogP contribution >= 0.6 is 0 Å². The molecule has 0 spiro atoms. The van der Waals surface area contributed by atoms with Crippen LogP contribution in [0.15, 0.2) is 91.5 Å². The fourth-order valence-electron chi connectivity index (χ4n) is 4.38. The van der Waals surface area contributed by atoms with Crippen molar-refractivity contribution in [2.45, 2.75) is 39.4 Å². The Balaban J connectivity index is 0.00000231. The average molecular weight is 474 g/mol. The highest BCUT2D eigenvalue weighted by atomic mass is 79.9. The van der Waals surface area contributed by atoms with Crippen molar-refractivity contribution in [3.05, 3.63) is 103 Å². The lowest BCUT2D eigenvalue weighted by Gasteiger charge is -2.07. The van der Waals surface area contributed by atoms with Crippen molar-refractivity contribution in [3.8, 4) is 0 Å². The SMILES string of the molecule is Cc1ccc(C[n+]2ccn(CCCCn3c4ccccc4c4ccccc43)c2)cc1.[Br-]. The molecule has 0 aliphatic heterocycles. The molecule has 0 atom stereocenters.